The maximum atomic E-state index is 12.2. The fourth-order valence-electron chi connectivity index (χ4n) is 2.76. The van der Waals surface area contributed by atoms with Crippen LogP contribution in [0.2, 0.25) is 0 Å². The van der Waals surface area contributed by atoms with Crippen LogP contribution in [0, 0.1) is 0 Å². The van der Waals surface area contributed by atoms with Gasteiger partial charge in [0.1, 0.15) is 11.6 Å². The third-order valence-electron chi connectivity index (χ3n) is 4.04. The van der Waals surface area contributed by atoms with Gasteiger partial charge in [0.2, 0.25) is 0 Å². The van der Waals surface area contributed by atoms with Crippen LogP contribution in [0.15, 0.2) is 67.0 Å². The van der Waals surface area contributed by atoms with Crippen molar-refractivity contribution in [2.24, 2.45) is 0 Å². The van der Waals surface area contributed by atoms with E-state index in [0.29, 0.717) is 18.7 Å². The second kappa shape index (κ2) is 8.85. The van der Waals surface area contributed by atoms with Crippen LogP contribution in [0.25, 0.3) is 11.4 Å². The molecule has 1 N–H and O–H groups in total. The van der Waals surface area contributed by atoms with Crippen LogP contribution in [0.3, 0.4) is 0 Å². The molecule has 5 nitrogen and oxygen atoms in total. The van der Waals surface area contributed by atoms with Gasteiger partial charge in [0.05, 0.1) is 6.61 Å². The molecule has 3 aromatic rings. The van der Waals surface area contributed by atoms with E-state index < -0.39 is 0 Å². The number of carbonyl (C=O) groups excluding carboxylic acids is 1. The van der Waals surface area contributed by atoms with Gasteiger partial charge < -0.3 is 14.6 Å². The first-order valence-corrected chi connectivity index (χ1v) is 8.85. The summed E-state index contributed by atoms with van der Waals surface area (Å²) < 4.78 is 7.50. The van der Waals surface area contributed by atoms with Gasteiger partial charge in [-0.25, -0.2) is 4.98 Å². The standard InChI is InChI=1S/C21H23N3O2/c1-2-26-19-11-9-18(10-12-19)21(25)23-13-6-15-24-16-14-22-20(24)17-7-4-3-5-8-17/h3-5,7-12,14,16H,2,6,13,15H2,1H3,(H,23,25). The molecular weight excluding hydrogens is 326 g/mol. The van der Waals surface area contributed by atoms with Crippen molar-refractivity contribution in [2.45, 2.75) is 19.9 Å². The second-order valence-corrected chi connectivity index (χ2v) is 5.88. The number of imidazole rings is 1. The lowest BCUT2D eigenvalue weighted by Crippen LogP contribution is -2.25. The molecule has 0 saturated heterocycles. The van der Waals surface area contributed by atoms with E-state index in [1.807, 2.05) is 55.6 Å². The fourth-order valence-corrected chi connectivity index (χ4v) is 2.76. The van der Waals surface area contributed by atoms with E-state index in [9.17, 15) is 4.79 Å². The molecule has 5 heteroatoms. The lowest BCUT2D eigenvalue weighted by atomic mass is 10.2. The van der Waals surface area contributed by atoms with E-state index in [4.69, 9.17) is 4.74 Å². The Hall–Kier alpha value is -3.08. The van der Waals surface area contributed by atoms with Crippen LogP contribution in [0.4, 0.5) is 0 Å². The molecule has 0 aliphatic heterocycles. The Kier molecular flexibility index (Phi) is 6.04. The molecule has 0 fully saturated rings. The summed E-state index contributed by atoms with van der Waals surface area (Å²) in [5, 5.41) is 2.96. The van der Waals surface area contributed by atoms with E-state index in [0.717, 1.165) is 30.1 Å². The number of nitrogens with zero attached hydrogens (tertiary/aromatic N) is 2. The first-order chi connectivity index (χ1) is 12.8. The summed E-state index contributed by atoms with van der Waals surface area (Å²) in [5.74, 6) is 1.66. The lowest BCUT2D eigenvalue weighted by Gasteiger charge is -2.09. The number of aromatic nitrogens is 2. The number of benzene rings is 2. The minimum atomic E-state index is -0.0676. The predicted octanol–water partition coefficient (Wildman–Crippen LogP) is 3.77. The Morgan fingerprint density at radius 1 is 1.12 bits per heavy atom. The average Bonchev–Trinajstić information content (AvgIpc) is 3.15. The highest BCUT2D eigenvalue weighted by Gasteiger charge is 2.07. The van der Waals surface area contributed by atoms with E-state index in [1.54, 1.807) is 18.3 Å². The quantitative estimate of drug-likeness (QED) is 0.630. The summed E-state index contributed by atoms with van der Waals surface area (Å²) in [6.45, 7) is 3.96. The molecule has 0 atom stereocenters. The van der Waals surface area contributed by atoms with Gasteiger partial charge >= 0.3 is 0 Å². The lowest BCUT2D eigenvalue weighted by molar-refractivity contribution is 0.0952. The number of rotatable bonds is 8. The molecule has 1 heterocycles. The van der Waals surface area contributed by atoms with Crippen molar-refractivity contribution in [1.29, 1.82) is 0 Å². The van der Waals surface area contributed by atoms with E-state index in [2.05, 4.69) is 14.9 Å². The largest absolute Gasteiger partial charge is 0.494 e. The van der Waals surface area contributed by atoms with Crippen molar-refractivity contribution in [3.05, 3.63) is 72.6 Å². The van der Waals surface area contributed by atoms with Crippen LogP contribution in [0.5, 0.6) is 5.75 Å². The maximum absolute atomic E-state index is 12.2. The van der Waals surface area contributed by atoms with Crippen LogP contribution < -0.4 is 10.1 Å². The van der Waals surface area contributed by atoms with Crippen LogP contribution >= 0.6 is 0 Å². The molecule has 0 aliphatic rings. The summed E-state index contributed by atoms with van der Waals surface area (Å²) in [6, 6.07) is 17.3. The van der Waals surface area contributed by atoms with Gasteiger partial charge in [-0.2, -0.15) is 0 Å². The van der Waals surface area contributed by atoms with Crippen LogP contribution in [-0.4, -0.2) is 28.6 Å². The third kappa shape index (κ3) is 4.51. The Morgan fingerprint density at radius 2 is 1.88 bits per heavy atom. The fraction of sp³-hybridized carbons (Fsp3) is 0.238. The molecule has 0 spiro atoms. The van der Waals surface area contributed by atoms with Gasteiger partial charge in [-0.05, 0) is 37.6 Å². The Labute approximate surface area is 153 Å². The highest BCUT2D eigenvalue weighted by atomic mass is 16.5. The number of hydrogen-bond donors (Lipinski definition) is 1. The molecule has 26 heavy (non-hydrogen) atoms. The number of carbonyl (C=O) groups is 1. The zero-order valence-electron chi connectivity index (χ0n) is 14.9. The molecule has 0 radical (unpaired) electrons. The van der Waals surface area contributed by atoms with Gasteiger partial charge in [0.25, 0.3) is 5.91 Å². The van der Waals surface area contributed by atoms with Crippen molar-refractivity contribution in [1.82, 2.24) is 14.9 Å². The number of amides is 1. The molecule has 0 saturated carbocycles. The van der Waals surface area contributed by atoms with Gasteiger partial charge in [0.15, 0.2) is 0 Å². The van der Waals surface area contributed by atoms with Crippen molar-refractivity contribution in [3.63, 3.8) is 0 Å². The van der Waals surface area contributed by atoms with Gasteiger partial charge in [-0.15, -0.1) is 0 Å². The van der Waals surface area contributed by atoms with Crippen LogP contribution in [-0.2, 0) is 6.54 Å². The number of nitrogens with one attached hydrogen (secondary N) is 1. The Morgan fingerprint density at radius 3 is 2.62 bits per heavy atom. The average molecular weight is 349 g/mol. The molecule has 0 bridgehead atoms. The summed E-state index contributed by atoms with van der Waals surface area (Å²) in [4.78, 5) is 16.6. The first-order valence-electron chi connectivity index (χ1n) is 8.85. The van der Waals surface area contributed by atoms with Gasteiger partial charge in [0, 0.05) is 36.6 Å². The first kappa shape index (κ1) is 17.7. The molecule has 3 rings (SSSR count). The van der Waals surface area contributed by atoms with Crippen molar-refractivity contribution in [3.8, 4) is 17.1 Å². The molecule has 1 aromatic heterocycles. The molecule has 134 valence electrons. The number of aryl methyl sites for hydroxylation is 1. The summed E-state index contributed by atoms with van der Waals surface area (Å²) in [7, 11) is 0. The summed E-state index contributed by atoms with van der Waals surface area (Å²) in [5.41, 5.74) is 1.73. The maximum Gasteiger partial charge on any atom is 0.251 e. The normalized spacial score (nSPS) is 10.5. The predicted molar refractivity (Wildman–Crippen MR) is 102 cm³/mol. The van der Waals surface area contributed by atoms with E-state index in [1.165, 1.54) is 0 Å². The minimum absolute atomic E-state index is 0.0676. The van der Waals surface area contributed by atoms with Crippen molar-refractivity contribution < 1.29 is 9.53 Å². The highest BCUT2D eigenvalue weighted by Crippen LogP contribution is 2.17. The smallest absolute Gasteiger partial charge is 0.251 e. The molecule has 0 aliphatic carbocycles. The van der Waals surface area contributed by atoms with Crippen LogP contribution in [0.1, 0.15) is 23.7 Å². The van der Waals surface area contributed by atoms with E-state index >= 15 is 0 Å². The summed E-state index contributed by atoms with van der Waals surface area (Å²) in [6.07, 6.45) is 4.61. The van der Waals surface area contributed by atoms with Crippen molar-refractivity contribution in [2.75, 3.05) is 13.2 Å². The topological polar surface area (TPSA) is 56.1 Å². The number of hydrogen-bond acceptors (Lipinski definition) is 3. The SMILES string of the molecule is CCOc1ccc(C(=O)NCCCn2ccnc2-c2ccccc2)cc1. The monoisotopic (exact) mass is 349 g/mol. The third-order valence-corrected chi connectivity index (χ3v) is 4.04. The Balaban J connectivity index is 1.49. The number of ether oxygens (including phenoxy) is 1. The van der Waals surface area contributed by atoms with Crippen molar-refractivity contribution >= 4 is 5.91 Å². The zero-order chi connectivity index (χ0) is 18.2. The molecular formula is C21H23N3O2. The summed E-state index contributed by atoms with van der Waals surface area (Å²) >= 11 is 0. The van der Waals surface area contributed by atoms with E-state index in [-0.39, 0.29) is 5.91 Å². The molecule has 0 unspecified atom stereocenters. The molecule has 2 aromatic carbocycles. The molecule has 1 amide bonds. The Bertz CT molecular complexity index is 826. The highest BCUT2D eigenvalue weighted by molar-refractivity contribution is 5.94. The van der Waals surface area contributed by atoms with Gasteiger partial charge in [-0.1, -0.05) is 30.3 Å². The second-order valence-electron chi connectivity index (χ2n) is 5.88. The zero-order valence-corrected chi connectivity index (χ0v) is 14.9. The minimum Gasteiger partial charge on any atom is -0.494 e. The van der Waals surface area contributed by atoms with Gasteiger partial charge in [-0.3, -0.25) is 4.79 Å².